The molecule has 0 aliphatic heterocycles. The number of carbonyl (C=O) groups is 2. The van der Waals surface area contributed by atoms with Crippen LogP contribution in [0.2, 0.25) is 0 Å². The first kappa shape index (κ1) is 17.0. The number of alkyl carbamates (subject to hydrolysis) is 1. The minimum atomic E-state index is -0.856. The number of benzene rings is 1. The van der Waals surface area contributed by atoms with Crippen molar-refractivity contribution in [2.24, 2.45) is 0 Å². The van der Waals surface area contributed by atoms with Crippen molar-refractivity contribution in [3.63, 3.8) is 0 Å². The molecule has 1 aromatic carbocycles. The maximum atomic E-state index is 12.1. The van der Waals surface area contributed by atoms with E-state index in [1.54, 1.807) is 45.0 Å². The van der Waals surface area contributed by atoms with E-state index in [1.165, 1.54) is 0 Å². The Balaban J connectivity index is 2.63. The maximum Gasteiger partial charge on any atom is 0.408 e. The van der Waals surface area contributed by atoms with Crippen LogP contribution in [0, 0.1) is 0 Å². The van der Waals surface area contributed by atoms with Gasteiger partial charge >= 0.3 is 6.09 Å². The Morgan fingerprint density at radius 2 is 1.86 bits per heavy atom. The summed E-state index contributed by atoms with van der Waals surface area (Å²) in [5, 5.41) is 14.2. The van der Waals surface area contributed by atoms with Gasteiger partial charge in [0.2, 0.25) is 5.91 Å². The average molecular weight is 294 g/mol. The minimum absolute atomic E-state index is 0.109. The second-order valence-corrected chi connectivity index (χ2v) is 5.57. The molecule has 1 rings (SSSR count). The van der Waals surface area contributed by atoms with Gasteiger partial charge < -0.3 is 20.5 Å². The summed E-state index contributed by atoms with van der Waals surface area (Å²) in [6.45, 7) is 4.98. The van der Waals surface area contributed by atoms with Crippen molar-refractivity contribution >= 4 is 17.7 Å². The molecule has 0 spiro atoms. The lowest BCUT2D eigenvalue weighted by atomic mass is 10.2. The SMILES string of the molecule is CC(C)(C)OC(=O)N[C@@H](CCO)C(=O)Nc1ccccc1. The molecule has 0 fully saturated rings. The Kier molecular flexibility index (Phi) is 6.17. The smallest absolute Gasteiger partial charge is 0.408 e. The summed E-state index contributed by atoms with van der Waals surface area (Å²) in [5.41, 5.74) is -0.0274. The fraction of sp³-hybridized carbons (Fsp3) is 0.467. The zero-order valence-electron chi connectivity index (χ0n) is 12.6. The van der Waals surface area contributed by atoms with Gasteiger partial charge in [-0.1, -0.05) is 18.2 Å². The van der Waals surface area contributed by atoms with Crippen LogP contribution in [0.5, 0.6) is 0 Å². The number of anilines is 1. The van der Waals surface area contributed by atoms with Crippen LogP contribution in [0.4, 0.5) is 10.5 Å². The molecule has 0 saturated carbocycles. The molecule has 1 atom stereocenters. The quantitative estimate of drug-likeness (QED) is 0.774. The van der Waals surface area contributed by atoms with Gasteiger partial charge in [0, 0.05) is 12.3 Å². The minimum Gasteiger partial charge on any atom is -0.444 e. The lowest BCUT2D eigenvalue weighted by Crippen LogP contribution is -2.46. The molecule has 116 valence electrons. The van der Waals surface area contributed by atoms with Gasteiger partial charge in [-0.2, -0.15) is 0 Å². The zero-order valence-corrected chi connectivity index (χ0v) is 12.6. The molecule has 6 nitrogen and oxygen atoms in total. The van der Waals surface area contributed by atoms with Crippen molar-refractivity contribution in [2.45, 2.75) is 38.8 Å². The van der Waals surface area contributed by atoms with Gasteiger partial charge in [0.25, 0.3) is 0 Å². The Labute approximate surface area is 124 Å². The van der Waals surface area contributed by atoms with Crippen LogP contribution >= 0.6 is 0 Å². The number of para-hydroxylation sites is 1. The van der Waals surface area contributed by atoms with Crippen LogP contribution in [0.15, 0.2) is 30.3 Å². The van der Waals surface area contributed by atoms with E-state index in [-0.39, 0.29) is 13.0 Å². The summed E-state index contributed by atoms with van der Waals surface area (Å²) in [7, 11) is 0. The van der Waals surface area contributed by atoms with E-state index < -0.39 is 23.6 Å². The monoisotopic (exact) mass is 294 g/mol. The van der Waals surface area contributed by atoms with Crippen LogP contribution in [0.1, 0.15) is 27.2 Å². The van der Waals surface area contributed by atoms with E-state index in [1.807, 2.05) is 6.07 Å². The van der Waals surface area contributed by atoms with Gasteiger partial charge in [0.1, 0.15) is 11.6 Å². The molecule has 0 radical (unpaired) electrons. The lowest BCUT2D eigenvalue weighted by molar-refractivity contribution is -0.118. The summed E-state index contributed by atoms with van der Waals surface area (Å²) in [5.74, 6) is -0.402. The van der Waals surface area contributed by atoms with E-state index in [9.17, 15) is 9.59 Å². The third-order valence-electron chi connectivity index (χ3n) is 2.47. The van der Waals surface area contributed by atoms with Gasteiger partial charge in [-0.25, -0.2) is 4.79 Å². The average Bonchev–Trinajstić information content (AvgIpc) is 2.37. The Hall–Kier alpha value is -2.08. The van der Waals surface area contributed by atoms with Crippen LogP contribution in [0.3, 0.4) is 0 Å². The highest BCUT2D eigenvalue weighted by atomic mass is 16.6. The first-order valence-electron chi connectivity index (χ1n) is 6.78. The summed E-state index contributed by atoms with van der Waals surface area (Å²) < 4.78 is 5.10. The molecule has 0 bridgehead atoms. The van der Waals surface area contributed by atoms with E-state index >= 15 is 0 Å². The first-order valence-corrected chi connectivity index (χ1v) is 6.78. The largest absolute Gasteiger partial charge is 0.444 e. The molecule has 1 aromatic rings. The van der Waals surface area contributed by atoms with Crippen molar-refractivity contribution in [2.75, 3.05) is 11.9 Å². The van der Waals surface area contributed by atoms with Crippen molar-refractivity contribution in [1.29, 1.82) is 0 Å². The third-order valence-corrected chi connectivity index (χ3v) is 2.47. The predicted molar refractivity (Wildman–Crippen MR) is 79.9 cm³/mol. The normalized spacial score (nSPS) is 12.4. The number of hydrogen-bond acceptors (Lipinski definition) is 4. The molecule has 0 aromatic heterocycles. The third kappa shape index (κ3) is 6.76. The number of aliphatic hydroxyl groups is 1. The topological polar surface area (TPSA) is 87.7 Å². The molecule has 6 heteroatoms. The number of amides is 2. The van der Waals surface area contributed by atoms with Crippen molar-refractivity contribution in [1.82, 2.24) is 5.32 Å². The van der Waals surface area contributed by atoms with E-state index in [0.29, 0.717) is 5.69 Å². The standard InChI is InChI=1S/C15H22N2O4/c1-15(2,3)21-14(20)17-12(9-10-18)13(19)16-11-7-5-4-6-8-11/h4-8,12,18H,9-10H2,1-3H3,(H,16,19)(H,17,20)/t12-/m0/s1. The molecule has 0 unspecified atom stereocenters. The number of aliphatic hydroxyl groups excluding tert-OH is 1. The van der Waals surface area contributed by atoms with Crippen molar-refractivity contribution in [3.05, 3.63) is 30.3 Å². The molecular formula is C15H22N2O4. The summed E-state index contributed by atoms with van der Waals surface area (Å²) in [6.07, 6.45) is -0.582. The highest BCUT2D eigenvalue weighted by Gasteiger charge is 2.24. The van der Waals surface area contributed by atoms with Gasteiger partial charge in [-0.3, -0.25) is 4.79 Å². The molecular weight excluding hydrogens is 272 g/mol. The van der Waals surface area contributed by atoms with Crippen LogP contribution in [-0.4, -0.2) is 35.4 Å². The number of hydrogen-bond donors (Lipinski definition) is 3. The first-order chi connectivity index (χ1) is 9.81. The fourth-order valence-corrected chi connectivity index (χ4v) is 1.60. The van der Waals surface area contributed by atoms with E-state index in [4.69, 9.17) is 9.84 Å². The lowest BCUT2D eigenvalue weighted by Gasteiger charge is -2.23. The van der Waals surface area contributed by atoms with Crippen LogP contribution in [-0.2, 0) is 9.53 Å². The van der Waals surface area contributed by atoms with Crippen LogP contribution in [0.25, 0.3) is 0 Å². The zero-order chi connectivity index (χ0) is 15.9. The second-order valence-electron chi connectivity index (χ2n) is 5.57. The van der Waals surface area contributed by atoms with Crippen LogP contribution < -0.4 is 10.6 Å². The molecule has 2 amide bonds. The second kappa shape index (κ2) is 7.64. The molecule has 0 aliphatic rings. The Bertz CT molecular complexity index is 468. The maximum absolute atomic E-state index is 12.1. The van der Waals surface area contributed by atoms with E-state index in [0.717, 1.165) is 0 Å². The molecule has 21 heavy (non-hydrogen) atoms. The number of nitrogens with one attached hydrogen (secondary N) is 2. The number of ether oxygens (including phenoxy) is 1. The van der Waals surface area contributed by atoms with E-state index in [2.05, 4.69) is 10.6 Å². The number of rotatable bonds is 5. The van der Waals surface area contributed by atoms with Gasteiger partial charge in [0.05, 0.1) is 0 Å². The molecule has 0 heterocycles. The molecule has 3 N–H and O–H groups in total. The van der Waals surface area contributed by atoms with Gasteiger partial charge in [-0.15, -0.1) is 0 Å². The molecule has 0 aliphatic carbocycles. The summed E-state index contributed by atoms with van der Waals surface area (Å²) in [4.78, 5) is 23.8. The summed E-state index contributed by atoms with van der Waals surface area (Å²) >= 11 is 0. The van der Waals surface area contributed by atoms with Gasteiger partial charge in [-0.05, 0) is 39.3 Å². The summed E-state index contributed by atoms with van der Waals surface area (Å²) in [6, 6.07) is 8.03. The fourth-order valence-electron chi connectivity index (χ4n) is 1.60. The van der Waals surface area contributed by atoms with Crippen molar-refractivity contribution < 1.29 is 19.4 Å². The predicted octanol–water partition coefficient (Wildman–Crippen LogP) is 1.90. The van der Waals surface area contributed by atoms with Crippen molar-refractivity contribution in [3.8, 4) is 0 Å². The Morgan fingerprint density at radius 3 is 2.38 bits per heavy atom. The molecule has 0 saturated heterocycles. The number of carbonyl (C=O) groups excluding carboxylic acids is 2. The van der Waals surface area contributed by atoms with Gasteiger partial charge in [0.15, 0.2) is 0 Å². The highest BCUT2D eigenvalue weighted by Crippen LogP contribution is 2.09. The Morgan fingerprint density at radius 1 is 1.24 bits per heavy atom. The highest BCUT2D eigenvalue weighted by molar-refractivity contribution is 5.96.